The molecule has 0 spiro atoms. The Morgan fingerprint density at radius 1 is 1.40 bits per heavy atom. The molecule has 0 heterocycles. The van der Waals surface area contributed by atoms with E-state index < -0.39 is 0 Å². The zero-order valence-corrected chi connectivity index (χ0v) is 9.66. The second kappa shape index (κ2) is 4.23. The smallest absolute Gasteiger partial charge is 0.0349 e. The van der Waals surface area contributed by atoms with Gasteiger partial charge in [-0.15, -0.1) is 0 Å². The second-order valence-corrected chi connectivity index (χ2v) is 4.86. The third-order valence-electron chi connectivity index (χ3n) is 3.25. The number of nitrogens with zero attached hydrogens (tertiary/aromatic N) is 1. The molecule has 1 unspecified atom stereocenters. The van der Waals surface area contributed by atoms with Crippen LogP contribution in [0.2, 0.25) is 0 Å². The maximum absolute atomic E-state index is 6.02. The van der Waals surface area contributed by atoms with E-state index in [2.05, 4.69) is 31.1 Å². The molecule has 0 amide bonds. The van der Waals surface area contributed by atoms with Gasteiger partial charge in [0.2, 0.25) is 0 Å². The number of nitrogens with two attached hydrogens (primary N) is 1. The summed E-state index contributed by atoms with van der Waals surface area (Å²) in [6.07, 6.45) is 3.65. The quantitative estimate of drug-likeness (QED) is 0.746. The van der Waals surface area contributed by atoms with E-state index >= 15 is 0 Å². The molecule has 0 bridgehead atoms. The van der Waals surface area contributed by atoms with Gasteiger partial charge >= 0.3 is 0 Å². The highest BCUT2D eigenvalue weighted by Gasteiger charge is 2.20. The van der Waals surface area contributed by atoms with Crippen LogP contribution in [0, 0.1) is 5.92 Å². The summed E-state index contributed by atoms with van der Waals surface area (Å²) in [7, 11) is 4.29. The van der Waals surface area contributed by atoms with Crippen LogP contribution in [0.1, 0.15) is 17.5 Å². The lowest BCUT2D eigenvalue weighted by Gasteiger charge is -2.27. The normalized spacial score (nSPS) is 20.3. The summed E-state index contributed by atoms with van der Waals surface area (Å²) >= 11 is 0. The molecule has 0 aromatic heterocycles. The molecule has 15 heavy (non-hydrogen) atoms. The molecular formula is C13H20N2. The number of rotatable bonds is 2. The predicted octanol–water partition coefficient (Wildman–Crippen LogP) is 1.94. The molecule has 2 heteroatoms. The topological polar surface area (TPSA) is 29.3 Å². The minimum Gasteiger partial charge on any atom is -0.398 e. The average molecular weight is 204 g/mol. The number of anilines is 1. The summed E-state index contributed by atoms with van der Waals surface area (Å²) in [5.74, 6) is 0.775. The minimum absolute atomic E-state index is 0.775. The summed E-state index contributed by atoms with van der Waals surface area (Å²) in [5.41, 5.74) is 9.86. The highest BCUT2D eigenvalue weighted by molar-refractivity contribution is 5.52. The van der Waals surface area contributed by atoms with Crippen molar-refractivity contribution in [1.82, 2.24) is 4.90 Å². The standard InChI is InChI=1S/C13H20N2/c1-15(2)9-10-6-7-11-4-3-5-13(14)12(11)8-10/h3-5,10H,6-9,14H2,1-2H3. The van der Waals surface area contributed by atoms with Gasteiger partial charge in [0.05, 0.1) is 0 Å². The summed E-state index contributed by atoms with van der Waals surface area (Å²) in [5, 5.41) is 0. The molecule has 82 valence electrons. The predicted molar refractivity (Wildman–Crippen MR) is 64.9 cm³/mol. The molecule has 2 nitrogen and oxygen atoms in total. The molecule has 1 aromatic carbocycles. The van der Waals surface area contributed by atoms with Gasteiger partial charge in [-0.1, -0.05) is 12.1 Å². The van der Waals surface area contributed by atoms with Crippen molar-refractivity contribution in [2.45, 2.75) is 19.3 Å². The Labute approximate surface area is 92.1 Å². The maximum Gasteiger partial charge on any atom is 0.0349 e. The van der Waals surface area contributed by atoms with E-state index in [1.54, 1.807) is 0 Å². The molecule has 2 N–H and O–H groups in total. The van der Waals surface area contributed by atoms with E-state index in [1.165, 1.54) is 30.5 Å². The third kappa shape index (κ3) is 2.32. The lowest BCUT2D eigenvalue weighted by atomic mass is 9.83. The molecule has 1 aromatic rings. The second-order valence-electron chi connectivity index (χ2n) is 4.86. The molecular weight excluding hydrogens is 184 g/mol. The van der Waals surface area contributed by atoms with Gasteiger partial charge in [0.1, 0.15) is 0 Å². The van der Waals surface area contributed by atoms with Crippen LogP contribution in [-0.4, -0.2) is 25.5 Å². The van der Waals surface area contributed by atoms with Gasteiger partial charge in [0.15, 0.2) is 0 Å². The highest BCUT2D eigenvalue weighted by Crippen LogP contribution is 2.29. The number of fused-ring (bicyclic) bond motifs is 1. The van der Waals surface area contributed by atoms with Crippen molar-refractivity contribution in [2.75, 3.05) is 26.4 Å². The largest absolute Gasteiger partial charge is 0.398 e. The Morgan fingerprint density at radius 3 is 2.93 bits per heavy atom. The van der Waals surface area contributed by atoms with Crippen LogP contribution in [0.5, 0.6) is 0 Å². The zero-order valence-electron chi connectivity index (χ0n) is 9.66. The van der Waals surface area contributed by atoms with Gasteiger partial charge in [0.25, 0.3) is 0 Å². The van der Waals surface area contributed by atoms with E-state index in [1.807, 2.05) is 6.07 Å². The van der Waals surface area contributed by atoms with Crippen LogP contribution < -0.4 is 5.73 Å². The zero-order chi connectivity index (χ0) is 10.8. The Hall–Kier alpha value is -1.02. The van der Waals surface area contributed by atoms with Crippen molar-refractivity contribution in [1.29, 1.82) is 0 Å². The van der Waals surface area contributed by atoms with Crippen molar-refractivity contribution in [2.24, 2.45) is 5.92 Å². The van der Waals surface area contributed by atoms with Crippen LogP contribution in [0.4, 0.5) is 5.69 Å². The molecule has 0 radical (unpaired) electrons. The number of aryl methyl sites for hydroxylation is 1. The fraction of sp³-hybridized carbons (Fsp3) is 0.538. The minimum atomic E-state index is 0.775. The molecule has 0 fully saturated rings. The SMILES string of the molecule is CN(C)CC1CCc2cccc(N)c2C1. The van der Waals surface area contributed by atoms with Crippen molar-refractivity contribution < 1.29 is 0 Å². The van der Waals surface area contributed by atoms with Crippen molar-refractivity contribution in [3.8, 4) is 0 Å². The fourth-order valence-corrected chi connectivity index (χ4v) is 2.56. The monoisotopic (exact) mass is 204 g/mol. The van der Waals surface area contributed by atoms with Crippen LogP contribution >= 0.6 is 0 Å². The van der Waals surface area contributed by atoms with E-state index in [4.69, 9.17) is 5.73 Å². The van der Waals surface area contributed by atoms with Crippen molar-refractivity contribution >= 4 is 5.69 Å². The summed E-state index contributed by atoms with van der Waals surface area (Å²) in [6.45, 7) is 1.17. The van der Waals surface area contributed by atoms with Crippen LogP contribution in [-0.2, 0) is 12.8 Å². The first-order valence-corrected chi connectivity index (χ1v) is 5.68. The lowest BCUT2D eigenvalue weighted by molar-refractivity contribution is 0.303. The van der Waals surface area contributed by atoms with Gasteiger partial charge in [-0.05, 0) is 56.5 Å². The molecule has 0 aliphatic heterocycles. The summed E-state index contributed by atoms with van der Waals surface area (Å²) in [6, 6.07) is 6.31. The third-order valence-corrected chi connectivity index (χ3v) is 3.25. The Balaban J connectivity index is 2.15. The first-order valence-electron chi connectivity index (χ1n) is 5.68. The highest BCUT2D eigenvalue weighted by atomic mass is 15.1. The van der Waals surface area contributed by atoms with Gasteiger partial charge in [-0.3, -0.25) is 0 Å². The molecule has 1 aliphatic rings. The van der Waals surface area contributed by atoms with Gasteiger partial charge in [-0.25, -0.2) is 0 Å². The molecule has 1 aliphatic carbocycles. The molecule has 1 atom stereocenters. The van der Waals surface area contributed by atoms with Gasteiger partial charge < -0.3 is 10.6 Å². The lowest BCUT2D eigenvalue weighted by Crippen LogP contribution is -2.27. The molecule has 0 saturated heterocycles. The van der Waals surface area contributed by atoms with Crippen LogP contribution in [0.25, 0.3) is 0 Å². The van der Waals surface area contributed by atoms with Crippen LogP contribution in [0.3, 0.4) is 0 Å². The van der Waals surface area contributed by atoms with E-state index in [-0.39, 0.29) is 0 Å². The van der Waals surface area contributed by atoms with E-state index in [0.717, 1.165) is 18.0 Å². The first kappa shape index (κ1) is 10.5. The Morgan fingerprint density at radius 2 is 2.20 bits per heavy atom. The number of hydrogen-bond acceptors (Lipinski definition) is 2. The number of hydrogen-bond donors (Lipinski definition) is 1. The fourth-order valence-electron chi connectivity index (χ4n) is 2.56. The number of benzene rings is 1. The maximum atomic E-state index is 6.02. The average Bonchev–Trinajstić information content (AvgIpc) is 2.18. The van der Waals surface area contributed by atoms with E-state index in [0.29, 0.717) is 0 Å². The van der Waals surface area contributed by atoms with Crippen molar-refractivity contribution in [3.05, 3.63) is 29.3 Å². The molecule has 2 rings (SSSR count). The first-order chi connectivity index (χ1) is 7.16. The Bertz CT molecular complexity index is 344. The Kier molecular flexibility index (Phi) is 2.96. The molecule has 0 saturated carbocycles. The van der Waals surface area contributed by atoms with Gasteiger partial charge in [-0.2, -0.15) is 0 Å². The summed E-state index contributed by atoms with van der Waals surface area (Å²) < 4.78 is 0. The van der Waals surface area contributed by atoms with Crippen molar-refractivity contribution in [3.63, 3.8) is 0 Å². The van der Waals surface area contributed by atoms with Gasteiger partial charge in [0, 0.05) is 12.2 Å². The van der Waals surface area contributed by atoms with E-state index in [9.17, 15) is 0 Å². The summed E-state index contributed by atoms with van der Waals surface area (Å²) in [4.78, 5) is 2.27. The van der Waals surface area contributed by atoms with Crippen LogP contribution in [0.15, 0.2) is 18.2 Å². The number of nitrogen functional groups attached to an aromatic ring is 1.